The number of carbonyl (C=O) groups excluding carboxylic acids is 2. The van der Waals surface area contributed by atoms with Crippen molar-refractivity contribution in [3.8, 4) is 0 Å². The molecular formula is C22H32O7. The molecule has 2 saturated heterocycles. The minimum Gasteiger partial charge on any atom is -0.461 e. The summed E-state index contributed by atoms with van der Waals surface area (Å²) in [7, 11) is 3.22. The van der Waals surface area contributed by atoms with Gasteiger partial charge < -0.3 is 23.7 Å². The molecule has 2 fully saturated rings. The van der Waals surface area contributed by atoms with Crippen molar-refractivity contribution in [2.24, 2.45) is 17.8 Å². The van der Waals surface area contributed by atoms with Gasteiger partial charge in [-0.15, -0.1) is 0 Å². The first kappa shape index (κ1) is 22.0. The van der Waals surface area contributed by atoms with Gasteiger partial charge in [-0.25, -0.2) is 0 Å². The number of esters is 2. The summed E-state index contributed by atoms with van der Waals surface area (Å²) in [5, 5.41) is 0. The molecule has 0 unspecified atom stereocenters. The van der Waals surface area contributed by atoms with E-state index in [1.807, 2.05) is 19.9 Å². The van der Waals surface area contributed by atoms with Crippen molar-refractivity contribution in [1.82, 2.24) is 0 Å². The molecule has 7 heteroatoms. The molecule has 3 heterocycles. The summed E-state index contributed by atoms with van der Waals surface area (Å²) in [6, 6.07) is 0. The van der Waals surface area contributed by atoms with Gasteiger partial charge in [0.05, 0.1) is 23.5 Å². The number of hydrogen-bond acceptors (Lipinski definition) is 7. The highest BCUT2D eigenvalue weighted by Gasteiger charge is 2.59. The topological polar surface area (TPSA) is 80.3 Å². The highest BCUT2D eigenvalue weighted by Crippen LogP contribution is 2.50. The highest BCUT2D eigenvalue weighted by atomic mass is 16.7. The van der Waals surface area contributed by atoms with Gasteiger partial charge in [-0.1, -0.05) is 26.5 Å². The van der Waals surface area contributed by atoms with Gasteiger partial charge in [0.2, 0.25) is 0 Å². The fraction of sp³-hybridized carbons (Fsp3) is 0.727. The summed E-state index contributed by atoms with van der Waals surface area (Å²) in [4.78, 5) is 25.2. The van der Waals surface area contributed by atoms with Crippen LogP contribution >= 0.6 is 0 Å². The van der Waals surface area contributed by atoms with E-state index in [-0.39, 0.29) is 30.6 Å². The first-order valence-electron chi connectivity index (χ1n) is 10.1. The fourth-order valence-corrected chi connectivity index (χ4v) is 4.72. The van der Waals surface area contributed by atoms with Crippen LogP contribution in [0.1, 0.15) is 40.5 Å². The zero-order valence-corrected chi connectivity index (χ0v) is 18.2. The lowest BCUT2D eigenvalue weighted by Gasteiger charge is -2.39. The van der Waals surface area contributed by atoms with E-state index in [1.54, 1.807) is 28.1 Å². The van der Waals surface area contributed by atoms with Crippen LogP contribution in [0.4, 0.5) is 0 Å². The number of rotatable bonds is 4. The van der Waals surface area contributed by atoms with Gasteiger partial charge in [0.1, 0.15) is 12.7 Å². The molecule has 162 valence electrons. The molecule has 7 nitrogen and oxygen atoms in total. The van der Waals surface area contributed by atoms with E-state index in [4.69, 9.17) is 23.7 Å². The highest BCUT2D eigenvalue weighted by molar-refractivity contribution is 5.77. The lowest BCUT2D eigenvalue weighted by Crippen LogP contribution is -2.48. The Morgan fingerprint density at radius 1 is 1.31 bits per heavy atom. The summed E-state index contributed by atoms with van der Waals surface area (Å²) < 4.78 is 29.3. The Labute approximate surface area is 172 Å². The smallest absolute Gasteiger partial charge is 0.313 e. The van der Waals surface area contributed by atoms with Crippen molar-refractivity contribution in [2.45, 2.75) is 64.1 Å². The predicted molar refractivity (Wildman–Crippen MR) is 105 cm³/mol. The van der Waals surface area contributed by atoms with Gasteiger partial charge in [-0.2, -0.15) is 0 Å². The quantitative estimate of drug-likeness (QED) is 0.523. The second-order valence-electron chi connectivity index (χ2n) is 8.80. The Kier molecular flexibility index (Phi) is 5.96. The molecule has 6 atom stereocenters. The van der Waals surface area contributed by atoms with Crippen LogP contribution in [0.15, 0.2) is 23.8 Å². The van der Waals surface area contributed by atoms with E-state index in [9.17, 15) is 9.59 Å². The van der Waals surface area contributed by atoms with E-state index in [0.717, 1.165) is 11.1 Å². The minimum absolute atomic E-state index is 0.114. The lowest BCUT2D eigenvalue weighted by atomic mass is 9.74. The molecule has 3 aliphatic heterocycles. The first-order valence-corrected chi connectivity index (χ1v) is 10.1. The molecular weight excluding hydrogens is 376 g/mol. The van der Waals surface area contributed by atoms with Gasteiger partial charge in [0.25, 0.3) is 0 Å². The monoisotopic (exact) mass is 408 g/mol. The van der Waals surface area contributed by atoms with E-state index >= 15 is 0 Å². The minimum atomic E-state index is -1.02. The van der Waals surface area contributed by atoms with Gasteiger partial charge in [0.15, 0.2) is 5.79 Å². The molecule has 0 spiro atoms. The van der Waals surface area contributed by atoms with Crippen molar-refractivity contribution >= 4 is 11.9 Å². The van der Waals surface area contributed by atoms with Crippen molar-refractivity contribution in [3.63, 3.8) is 0 Å². The van der Waals surface area contributed by atoms with Crippen LogP contribution in [0.2, 0.25) is 0 Å². The molecule has 2 bridgehead atoms. The van der Waals surface area contributed by atoms with Gasteiger partial charge >= 0.3 is 11.9 Å². The van der Waals surface area contributed by atoms with Crippen molar-refractivity contribution < 1.29 is 33.3 Å². The number of methoxy groups -OCH3 is 2. The lowest BCUT2D eigenvalue weighted by molar-refractivity contribution is -0.224. The number of hydrogen-bond donors (Lipinski definition) is 0. The van der Waals surface area contributed by atoms with E-state index in [2.05, 4.69) is 6.58 Å². The summed E-state index contributed by atoms with van der Waals surface area (Å²) in [5.74, 6) is -3.02. The molecule has 3 aliphatic rings. The fourth-order valence-electron chi connectivity index (χ4n) is 4.72. The maximum absolute atomic E-state index is 12.7. The molecule has 0 radical (unpaired) electrons. The molecule has 0 N–H and O–H groups in total. The zero-order chi connectivity index (χ0) is 21.6. The third kappa shape index (κ3) is 3.76. The molecule has 0 aliphatic carbocycles. The van der Waals surface area contributed by atoms with E-state index in [1.165, 1.54) is 0 Å². The number of ether oxygens (including phenoxy) is 5. The van der Waals surface area contributed by atoms with Crippen LogP contribution in [0, 0.1) is 17.8 Å². The van der Waals surface area contributed by atoms with E-state index < -0.39 is 29.3 Å². The first-order chi connectivity index (χ1) is 13.6. The van der Waals surface area contributed by atoms with Crippen molar-refractivity contribution in [2.75, 3.05) is 20.8 Å². The molecule has 3 rings (SSSR count). The second kappa shape index (κ2) is 7.85. The Balaban J connectivity index is 2.13. The zero-order valence-electron chi connectivity index (χ0n) is 18.2. The largest absolute Gasteiger partial charge is 0.461 e. The Bertz CT molecular complexity index is 727. The Hall–Kier alpha value is -1.70. The van der Waals surface area contributed by atoms with Gasteiger partial charge in [-0.05, 0) is 25.0 Å². The predicted octanol–water partition coefficient (Wildman–Crippen LogP) is 2.79. The van der Waals surface area contributed by atoms with Crippen LogP contribution in [0.3, 0.4) is 0 Å². The third-order valence-corrected chi connectivity index (χ3v) is 6.45. The molecule has 0 amide bonds. The second-order valence-corrected chi connectivity index (χ2v) is 8.80. The van der Waals surface area contributed by atoms with Crippen LogP contribution < -0.4 is 0 Å². The maximum atomic E-state index is 12.7. The normalized spacial score (nSPS) is 39.8. The molecule has 0 saturated carbocycles. The molecule has 0 aromatic heterocycles. The van der Waals surface area contributed by atoms with Crippen LogP contribution in [-0.2, 0) is 33.3 Å². The average molecular weight is 408 g/mol. The molecule has 0 aromatic rings. The standard InChI is InChI=1S/C22H32O7/c1-12(2)19(23)28-16-9-21(5)17(25-6)10-22(26-7,29-21)14(4)8-15-18(16)13(3)11-27-20(15)24/h8,12,15-18H,3,9-11H2,1-2,4-7H3/t15-,16-,17-,18+,21-,22-/m1/s1. The number of carbonyl (C=O) groups is 2. The van der Waals surface area contributed by atoms with E-state index in [0.29, 0.717) is 12.8 Å². The van der Waals surface area contributed by atoms with Crippen molar-refractivity contribution in [1.29, 1.82) is 0 Å². The summed E-state index contributed by atoms with van der Waals surface area (Å²) in [5.41, 5.74) is 0.712. The average Bonchev–Trinajstić information content (AvgIpc) is 2.98. The molecule has 0 aromatic carbocycles. The van der Waals surface area contributed by atoms with Gasteiger partial charge in [-0.3, -0.25) is 9.59 Å². The van der Waals surface area contributed by atoms with Crippen molar-refractivity contribution in [3.05, 3.63) is 23.8 Å². The Morgan fingerprint density at radius 3 is 2.59 bits per heavy atom. The summed E-state index contributed by atoms with van der Waals surface area (Å²) >= 11 is 0. The third-order valence-electron chi connectivity index (χ3n) is 6.45. The van der Waals surface area contributed by atoms with Crippen LogP contribution in [0.25, 0.3) is 0 Å². The summed E-state index contributed by atoms with van der Waals surface area (Å²) in [6.45, 7) is 11.6. The van der Waals surface area contributed by atoms with Gasteiger partial charge in [0, 0.05) is 33.0 Å². The summed E-state index contributed by atoms with van der Waals surface area (Å²) in [6.07, 6.45) is 1.76. The maximum Gasteiger partial charge on any atom is 0.313 e. The Morgan fingerprint density at radius 2 is 2.00 bits per heavy atom. The van der Waals surface area contributed by atoms with Crippen LogP contribution in [-0.4, -0.2) is 56.4 Å². The number of cyclic esters (lactones) is 1. The SMILES string of the molecule is C=C1COC(=O)[C@@H]2C=C(C)[C@@]3(OC)C[C@@H](OC)[C@@](C)(C[C@@H](OC(=O)C(C)C)[C@@H]12)O3. The number of fused-ring (bicyclic) bond motifs is 3. The molecule has 29 heavy (non-hydrogen) atoms. The van der Waals surface area contributed by atoms with Crippen LogP contribution in [0.5, 0.6) is 0 Å².